The van der Waals surface area contributed by atoms with E-state index in [0.29, 0.717) is 11.7 Å². The largest absolute Gasteiger partial charge is 0.506 e. The highest BCUT2D eigenvalue weighted by Crippen LogP contribution is 2.27. The zero-order valence-corrected chi connectivity index (χ0v) is 15.6. The molecule has 0 amide bonds. The Morgan fingerprint density at radius 2 is 1.69 bits per heavy atom. The van der Waals surface area contributed by atoms with Gasteiger partial charge in [0.15, 0.2) is 5.96 Å². The number of guanidine groups is 1. The van der Waals surface area contributed by atoms with Crippen LogP contribution < -0.4 is 10.2 Å². The summed E-state index contributed by atoms with van der Waals surface area (Å²) < 4.78 is 0. The predicted octanol–water partition coefficient (Wildman–Crippen LogP) is 2.89. The van der Waals surface area contributed by atoms with Crippen LogP contribution in [0.2, 0.25) is 0 Å². The van der Waals surface area contributed by atoms with Gasteiger partial charge in [0.1, 0.15) is 5.75 Å². The van der Waals surface area contributed by atoms with E-state index >= 15 is 0 Å². The number of nitrogens with zero attached hydrogens (tertiary/aromatic N) is 3. The normalized spacial score (nSPS) is 16.5. The van der Waals surface area contributed by atoms with Gasteiger partial charge < -0.3 is 20.2 Å². The van der Waals surface area contributed by atoms with E-state index in [4.69, 9.17) is 0 Å². The van der Waals surface area contributed by atoms with Gasteiger partial charge in [-0.15, -0.1) is 0 Å². The summed E-state index contributed by atoms with van der Waals surface area (Å²) in [5.74, 6) is 1.72. The predicted molar refractivity (Wildman–Crippen MR) is 108 cm³/mol. The van der Waals surface area contributed by atoms with Gasteiger partial charge in [-0.05, 0) is 23.6 Å². The average molecular weight is 352 g/mol. The Bertz CT molecular complexity index is 724. The second-order valence-electron chi connectivity index (χ2n) is 6.70. The van der Waals surface area contributed by atoms with Crippen molar-refractivity contribution < 1.29 is 5.11 Å². The minimum Gasteiger partial charge on any atom is -0.506 e. The van der Waals surface area contributed by atoms with Crippen LogP contribution in [-0.2, 0) is 0 Å². The van der Waals surface area contributed by atoms with Crippen LogP contribution in [0.5, 0.6) is 5.75 Å². The molecule has 5 nitrogen and oxygen atoms in total. The number of hydrogen-bond acceptors (Lipinski definition) is 3. The van der Waals surface area contributed by atoms with Gasteiger partial charge in [0.05, 0.1) is 5.69 Å². The van der Waals surface area contributed by atoms with E-state index in [1.165, 1.54) is 5.56 Å². The zero-order chi connectivity index (χ0) is 18.4. The summed E-state index contributed by atoms with van der Waals surface area (Å²) >= 11 is 0. The second-order valence-corrected chi connectivity index (χ2v) is 6.70. The third-order valence-electron chi connectivity index (χ3n) is 4.95. The minimum absolute atomic E-state index is 0.347. The van der Waals surface area contributed by atoms with Crippen LogP contribution in [0.3, 0.4) is 0 Å². The lowest BCUT2D eigenvalue weighted by molar-refractivity contribution is 0.369. The number of aromatic hydroxyl groups is 1. The molecule has 5 heteroatoms. The molecule has 0 aliphatic carbocycles. The Kier molecular flexibility index (Phi) is 6.00. The molecule has 0 aromatic heterocycles. The van der Waals surface area contributed by atoms with Gasteiger partial charge >= 0.3 is 0 Å². The Balaban J connectivity index is 1.53. The molecule has 0 bridgehead atoms. The van der Waals surface area contributed by atoms with E-state index in [2.05, 4.69) is 51.3 Å². The molecule has 1 aliphatic rings. The third-order valence-corrected chi connectivity index (χ3v) is 4.95. The van der Waals surface area contributed by atoms with Crippen LogP contribution >= 0.6 is 0 Å². The van der Waals surface area contributed by atoms with Crippen molar-refractivity contribution >= 4 is 11.6 Å². The van der Waals surface area contributed by atoms with Gasteiger partial charge in [0.25, 0.3) is 0 Å². The molecular formula is C21H28N4O. The van der Waals surface area contributed by atoms with E-state index in [9.17, 15) is 5.11 Å². The molecule has 1 fully saturated rings. The fourth-order valence-electron chi connectivity index (χ4n) is 3.37. The number of nitrogens with one attached hydrogen (secondary N) is 1. The molecule has 1 atom stereocenters. The van der Waals surface area contributed by atoms with Crippen LogP contribution in [0.25, 0.3) is 0 Å². The number of aliphatic imine (C=N–C) groups is 1. The van der Waals surface area contributed by atoms with Crippen molar-refractivity contribution in [3.63, 3.8) is 0 Å². The maximum atomic E-state index is 10.0. The molecule has 2 aromatic carbocycles. The van der Waals surface area contributed by atoms with Crippen molar-refractivity contribution in [3.8, 4) is 5.75 Å². The lowest BCUT2D eigenvalue weighted by atomic mass is 10.0. The van der Waals surface area contributed by atoms with Crippen molar-refractivity contribution in [1.82, 2.24) is 10.2 Å². The smallest absolute Gasteiger partial charge is 0.193 e. The van der Waals surface area contributed by atoms with E-state index in [-0.39, 0.29) is 0 Å². The van der Waals surface area contributed by atoms with Crippen LogP contribution in [-0.4, -0.2) is 55.7 Å². The van der Waals surface area contributed by atoms with Gasteiger partial charge in [0.2, 0.25) is 0 Å². The number of phenolic OH excluding ortho intramolecular Hbond substituents is 1. The summed E-state index contributed by atoms with van der Waals surface area (Å²) in [4.78, 5) is 8.97. The average Bonchev–Trinajstić information content (AvgIpc) is 2.70. The fraction of sp³-hybridized carbons (Fsp3) is 0.381. The summed E-state index contributed by atoms with van der Waals surface area (Å²) in [6, 6.07) is 18.1. The molecule has 2 aromatic rings. The molecule has 3 rings (SSSR count). The van der Waals surface area contributed by atoms with Crippen LogP contribution in [0, 0.1) is 0 Å². The van der Waals surface area contributed by atoms with Crippen molar-refractivity contribution in [2.24, 2.45) is 4.99 Å². The SMILES string of the molecule is CN=C(NCC(C)c1ccccc1)N1CCN(c2ccccc2O)CC1. The molecule has 26 heavy (non-hydrogen) atoms. The number of hydrogen-bond donors (Lipinski definition) is 2. The van der Waals surface area contributed by atoms with Crippen LogP contribution in [0.1, 0.15) is 18.4 Å². The standard InChI is InChI=1S/C21H28N4O/c1-17(18-8-4-3-5-9-18)16-23-21(22-2)25-14-12-24(13-15-25)19-10-6-7-11-20(19)26/h3-11,17,26H,12-16H2,1-2H3,(H,22,23). The number of anilines is 1. The summed E-state index contributed by atoms with van der Waals surface area (Å²) in [5.41, 5.74) is 2.24. The number of benzene rings is 2. The summed E-state index contributed by atoms with van der Waals surface area (Å²) in [7, 11) is 1.84. The Hall–Kier alpha value is -2.69. The molecule has 0 saturated carbocycles. The van der Waals surface area contributed by atoms with Crippen molar-refractivity contribution in [3.05, 3.63) is 60.2 Å². The first-order chi connectivity index (χ1) is 12.7. The highest BCUT2D eigenvalue weighted by atomic mass is 16.3. The summed E-state index contributed by atoms with van der Waals surface area (Å²) in [6.45, 7) is 6.59. The lowest BCUT2D eigenvalue weighted by Crippen LogP contribution is -2.53. The molecule has 138 valence electrons. The first kappa shape index (κ1) is 18.1. The molecular weight excluding hydrogens is 324 g/mol. The van der Waals surface area contributed by atoms with E-state index < -0.39 is 0 Å². The highest BCUT2D eigenvalue weighted by molar-refractivity contribution is 5.80. The zero-order valence-electron chi connectivity index (χ0n) is 15.6. The number of phenols is 1. The van der Waals surface area contributed by atoms with E-state index in [1.54, 1.807) is 6.07 Å². The van der Waals surface area contributed by atoms with Gasteiger partial charge in [-0.2, -0.15) is 0 Å². The Morgan fingerprint density at radius 3 is 2.35 bits per heavy atom. The first-order valence-corrected chi connectivity index (χ1v) is 9.22. The third kappa shape index (κ3) is 4.28. The first-order valence-electron chi connectivity index (χ1n) is 9.22. The highest BCUT2D eigenvalue weighted by Gasteiger charge is 2.21. The molecule has 1 unspecified atom stereocenters. The van der Waals surface area contributed by atoms with Crippen LogP contribution in [0.15, 0.2) is 59.6 Å². The van der Waals surface area contributed by atoms with Gasteiger partial charge in [-0.3, -0.25) is 4.99 Å². The minimum atomic E-state index is 0.347. The maximum absolute atomic E-state index is 10.0. The van der Waals surface area contributed by atoms with Crippen LogP contribution in [0.4, 0.5) is 5.69 Å². The second kappa shape index (κ2) is 8.61. The fourth-order valence-corrected chi connectivity index (χ4v) is 3.37. The van der Waals surface area contributed by atoms with E-state index in [0.717, 1.165) is 44.4 Å². The Labute approximate surface area is 156 Å². The van der Waals surface area contributed by atoms with Crippen molar-refractivity contribution in [2.45, 2.75) is 12.8 Å². The van der Waals surface area contributed by atoms with Gasteiger partial charge in [-0.25, -0.2) is 0 Å². The number of piperazine rings is 1. The van der Waals surface area contributed by atoms with Crippen molar-refractivity contribution in [2.75, 3.05) is 44.7 Å². The Morgan fingerprint density at radius 1 is 1.04 bits per heavy atom. The summed E-state index contributed by atoms with van der Waals surface area (Å²) in [5, 5.41) is 13.6. The molecule has 1 saturated heterocycles. The van der Waals surface area contributed by atoms with E-state index in [1.807, 2.05) is 31.3 Å². The molecule has 2 N–H and O–H groups in total. The van der Waals surface area contributed by atoms with Crippen molar-refractivity contribution in [1.29, 1.82) is 0 Å². The number of para-hydroxylation sites is 2. The quantitative estimate of drug-likeness (QED) is 0.656. The molecule has 1 heterocycles. The molecule has 0 spiro atoms. The lowest BCUT2D eigenvalue weighted by Gasteiger charge is -2.38. The maximum Gasteiger partial charge on any atom is 0.193 e. The number of rotatable bonds is 4. The monoisotopic (exact) mass is 352 g/mol. The topological polar surface area (TPSA) is 51.1 Å². The molecule has 0 radical (unpaired) electrons. The summed E-state index contributed by atoms with van der Waals surface area (Å²) in [6.07, 6.45) is 0. The van der Waals surface area contributed by atoms with Gasteiger partial charge in [0, 0.05) is 39.8 Å². The van der Waals surface area contributed by atoms with Gasteiger partial charge in [-0.1, -0.05) is 49.4 Å². The molecule has 1 aliphatic heterocycles.